The Morgan fingerprint density at radius 1 is 1.13 bits per heavy atom. The first-order chi connectivity index (χ1) is 10.9. The summed E-state index contributed by atoms with van der Waals surface area (Å²) in [4.78, 5) is 22.8. The minimum atomic E-state index is -1.21. The smallest absolute Gasteiger partial charge is 0.371 e. The fraction of sp³-hybridized carbons (Fsp3) is 0.294. The number of hydrogen-bond acceptors (Lipinski definition) is 4. The van der Waals surface area contributed by atoms with Crippen molar-refractivity contribution in [3.8, 4) is 0 Å². The second-order valence-electron chi connectivity index (χ2n) is 5.79. The number of ether oxygens (including phenoxy) is 1. The zero-order valence-corrected chi connectivity index (χ0v) is 13.0. The molecule has 0 atom stereocenters. The quantitative estimate of drug-likeness (QED) is 0.819. The van der Waals surface area contributed by atoms with Gasteiger partial charge in [-0.25, -0.2) is 4.79 Å². The van der Waals surface area contributed by atoms with Gasteiger partial charge >= 0.3 is 5.97 Å². The highest BCUT2D eigenvalue weighted by Gasteiger charge is 2.24. The van der Waals surface area contributed by atoms with Crippen LogP contribution in [0.2, 0.25) is 0 Å². The van der Waals surface area contributed by atoms with E-state index in [0.29, 0.717) is 13.2 Å². The van der Waals surface area contributed by atoms with Gasteiger partial charge in [0.25, 0.3) is 5.91 Å². The van der Waals surface area contributed by atoms with Gasteiger partial charge in [0.1, 0.15) is 0 Å². The molecule has 0 aliphatic heterocycles. The predicted octanol–water partition coefficient (Wildman–Crippen LogP) is 2.70. The zero-order valence-electron chi connectivity index (χ0n) is 13.0. The molecule has 0 bridgehead atoms. The van der Waals surface area contributed by atoms with Gasteiger partial charge in [-0.15, -0.1) is 0 Å². The Balaban J connectivity index is 1.86. The van der Waals surface area contributed by atoms with E-state index in [1.807, 2.05) is 44.2 Å². The Hall–Kier alpha value is -2.60. The highest BCUT2D eigenvalue weighted by Crippen LogP contribution is 2.11. The molecule has 1 amide bonds. The summed E-state index contributed by atoms with van der Waals surface area (Å²) in [5.41, 5.74) is 0.425. The molecule has 6 heteroatoms. The number of nitrogens with one attached hydrogen (secondary N) is 1. The number of carboxylic acids is 1. The van der Waals surface area contributed by atoms with Crippen molar-refractivity contribution in [3.05, 3.63) is 59.5 Å². The Morgan fingerprint density at radius 3 is 2.39 bits per heavy atom. The molecular formula is C17H19NO5. The van der Waals surface area contributed by atoms with Crippen LogP contribution in [0.5, 0.6) is 0 Å². The second-order valence-corrected chi connectivity index (χ2v) is 5.79. The van der Waals surface area contributed by atoms with Crippen LogP contribution in [-0.2, 0) is 11.3 Å². The van der Waals surface area contributed by atoms with E-state index in [2.05, 4.69) is 5.32 Å². The Labute approximate surface area is 134 Å². The lowest BCUT2D eigenvalue weighted by atomic mass is 10.1. The molecule has 0 unspecified atom stereocenters. The van der Waals surface area contributed by atoms with Gasteiger partial charge in [0.2, 0.25) is 5.76 Å². The van der Waals surface area contributed by atoms with Gasteiger partial charge in [-0.3, -0.25) is 4.79 Å². The summed E-state index contributed by atoms with van der Waals surface area (Å²) in [6, 6.07) is 12.3. The van der Waals surface area contributed by atoms with Crippen molar-refractivity contribution in [3.63, 3.8) is 0 Å². The van der Waals surface area contributed by atoms with Crippen LogP contribution in [0.4, 0.5) is 0 Å². The SMILES string of the molecule is CC(C)(COCc1ccccc1)NC(=O)c1ccc(C(=O)O)o1. The summed E-state index contributed by atoms with van der Waals surface area (Å²) in [6.45, 7) is 4.39. The Morgan fingerprint density at radius 2 is 1.78 bits per heavy atom. The first-order valence-electron chi connectivity index (χ1n) is 7.15. The molecule has 0 aliphatic rings. The third-order valence-electron chi connectivity index (χ3n) is 3.07. The van der Waals surface area contributed by atoms with Gasteiger partial charge in [0.15, 0.2) is 5.76 Å². The maximum absolute atomic E-state index is 12.1. The van der Waals surface area contributed by atoms with Crippen molar-refractivity contribution in [1.82, 2.24) is 5.32 Å². The third kappa shape index (κ3) is 4.96. The van der Waals surface area contributed by atoms with E-state index in [4.69, 9.17) is 14.3 Å². The minimum Gasteiger partial charge on any atom is -0.475 e. The number of furan rings is 1. The van der Waals surface area contributed by atoms with Crippen LogP contribution in [0.15, 0.2) is 46.9 Å². The van der Waals surface area contributed by atoms with Gasteiger partial charge < -0.3 is 19.6 Å². The van der Waals surface area contributed by atoms with E-state index < -0.39 is 17.4 Å². The van der Waals surface area contributed by atoms with Crippen LogP contribution in [0, 0.1) is 0 Å². The highest BCUT2D eigenvalue weighted by atomic mass is 16.5. The highest BCUT2D eigenvalue weighted by molar-refractivity contribution is 5.93. The molecule has 0 saturated carbocycles. The summed E-state index contributed by atoms with van der Waals surface area (Å²) in [7, 11) is 0. The third-order valence-corrected chi connectivity index (χ3v) is 3.07. The van der Waals surface area contributed by atoms with E-state index >= 15 is 0 Å². The molecule has 0 saturated heterocycles. The molecule has 1 aromatic heterocycles. The molecular weight excluding hydrogens is 298 g/mol. The van der Waals surface area contributed by atoms with Crippen molar-refractivity contribution in [2.24, 2.45) is 0 Å². The molecule has 2 N–H and O–H groups in total. The topological polar surface area (TPSA) is 88.8 Å². The monoisotopic (exact) mass is 317 g/mol. The molecule has 0 radical (unpaired) electrons. The fourth-order valence-corrected chi connectivity index (χ4v) is 1.98. The van der Waals surface area contributed by atoms with Crippen LogP contribution >= 0.6 is 0 Å². The summed E-state index contributed by atoms with van der Waals surface area (Å²) in [5, 5.41) is 11.6. The molecule has 0 spiro atoms. The Bertz CT molecular complexity index is 675. The van der Waals surface area contributed by atoms with Crippen LogP contribution in [0.25, 0.3) is 0 Å². The number of benzene rings is 1. The lowest BCUT2D eigenvalue weighted by Crippen LogP contribution is -2.46. The summed E-state index contributed by atoms with van der Waals surface area (Å²) in [6.07, 6.45) is 0. The standard InChI is InChI=1S/C17H19NO5/c1-17(2,11-22-10-12-6-4-3-5-7-12)18-15(19)13-8-9-14(23-13)16(20)21/h3-9H,10-11H2,1-2H3,(H,18,19)(H,20,21). The minimum absolute atomic E-state index is 0.0430. The molecule has 2 rings (SSSR count). The van der Waals surface area contributed by atoms with Gasteiger partial charge in [-0.1, -0.05) is 30.3 Å². The van der Waals surface area contributed by atoms with Crippen LogP contribution < -0.4 is 5.32 Å². The van der Waals surface area contributed by atoms with Crippen molar-refractivity contribution in [2.75, 3.05) is 6.61 Å². The zero-order chi connectivity index (χ0) is 16.9. The summed E-state index contributed by atoms with van der Waals surface area (Å²) >= 11 is 0. The van der Waals surface area contributed by atoms with Gasteiger partial charge in [0.05, 0.1) is 18.8 Å². The fourth-order valence-electron chi connectivity index (χ4n) is 1.98. The number of carbonyl (C=O) groups excluding carboxylic acids is 1. The average Bonchev–Trinajstić information content (AvgIpc) is 2.98. The van der Waals surface area contributed by atoms with Crippen molar-refractivity contribution in [2.45, 2.75) is 26.0 Å². The molecule has 0 aliphatic carbocycles. The van der Waals surface area contributed by atoms with E-state index in [0.717, 1.165) is 5.56 Å². The molecule has 0 fully saturated rings. The number of amides is 1. The van der Waals surface area contributed by atoms with E-state index in [1.54, 1.807) is 0 Å². The normalized spacial score (nSPS) is 11.2. The summed E-state index contributed by atoms with van der Waals surface area (Å²) < 4.78 is 10.6. The van der Waals surface area contributed by atoms with Crippen LogP contribution in [0.1, 0.15) is 40.5 Å². The molecule has 122 valence electrons. The van der Waals surface area contributed by atoms with Crippen LogP contribution in [-0.4, -0.2) is 29.1 Å². The van der Waals surface area contributed by atoms with Gasteiger partial charge in [0, 0.05) is 0 Å². The largest absolute Gasteiger partial charge is 0.475 e. The molecule has 6 nitrogen and oxygen atoms in total. The molecule has 1 heterocycles. The lowest BCUT2D eigenvalue weighted by Gasteiger charge is -2.25. The maximum atomic E-state index is 12.1. The maximum Gasteiger partial charge on any atom is 0.371 e. The van der Waals surface area contributed by atoms with E-state index in [1.165, 1.54) is 12.1 Å². The van der Waals surface area contributed by atoms with Gasteiger partial charge in [-0.2, -0.15) is 0 Å². The first kappa shape index (κ1) is 16.8. The number of aromatic carboxylic acids is 1. The first-order valence-corrected chi connectivity index (χ1v) is 7.15. The number of hydrogen-bond donors (Lipinski definition) is 2. The Kier molecular flexibility index (Phi) is 5.18. The molecule has 1 aromatic carbocycles. The van der Waals surface area contributed by atoms with Crippen molar-refractivity contribution in [1.29, 1.82) is 0 Å². The van der Waals surface area contributed by atoms with E-state index in [-0.39, 0.29) is 11.5 Å². The predicted molar refractivity (Wildman–Crippen MR) is 83.3 cm³/mol. The lowest BCUT2D eigenvalue weighted by molar-refractivity contribution is 0.0596. The number of rotatable bonds is 7. The number of carbonyl (C=O) groups is 2. The molecule has 23 heavy (non-hydrogen) atoms. The van der Waals surface area contributed by atoms with Crippen molar-refractivity contribution < 1.29 is 23.8 Å². The second kappa shape index (κ2) is 7.11. The summed E-state index contributed by atoms with van der Waals surface area (Å²) in [5.74, 6) is -2.01. The molecule has 2 aromatic rings. The average molecular weight is 317 g/mol. The van der Waals surface area contributed by atoms with E-state index in [9.17, 15) is 9.59 Å². The van der Waals surface area contributed by atoms with Gasteiger partial charge in [-0.05, 0) is 31.5 Å². The number of carboxylic acid groups (broad SMARTS) is 1. The van der Waals surface area contributed by atoms with Crippen LogP contribution in [0.3, 0.4) is 0 Å². The van der Waals surface area contributed by atoms with Crippen molar-refractivity contribution >= 4 is 11.9 Å².